The molecule has 6 nitrogen and oxygen atoms in total. The van der Waals surface area contributed by atoms with Gasteiger partial charge in [-0.1, -0.05) is 17.7 Å². The van der Waals surface area contributed by atoms with Crippen LogP contribution in [0.25, 0.3) is 0 Å². The summed E-state index contributed by atoms with van der Waals surface area (Å²) in [6, 6.07) is 5.85. The third-order valence-electron chi connectivity index (χ3n) is 5.61. The van der Waals surface area contributed by atoms with E-state index in [4.69, 9.17) is 11.6 Å². The number of likely N-dealkylation sites (N-methyl/N-ethyl adjacent to an activating group) is 1. The van der Waals surface area contributed by atoms with Crippen LogP contribution >= 0.6 is 35.6 Å². The van der Waals surface area contributed by atoms with Crippen LogP contribution in [0.5, 0.6) is 0 Å². The summed E-state index contributed by atoms with van der Waals surface area (Å²) in [6.07, 6.45) is -3.52. The first-order valence-corrected chi connectivity index (χ1v) is 10.6. The van der Waals surface area contributed by atoms with Crippen LogP contribution in [-0.2, 0) is 6.54 Å². The maximum atomic E-state index is 12.6. The van der Waals surface area contributed by atoms with Gasteiger partial charge >= 0.3 is 6.18 Å². The van der Waals surface area contributed by atoms with E-state index in [2.05, 4.69) is 38.5 Å². The fraction of sp³-hybridized carbons (Fsp3) is 0.650. The lowest BCUT2D eigenvalue weighted by molar-refractivity contribution is -0.143. The monoisotopic (exact) mass is 574 g/mol. The number of nitrogens with one attached hydrogen (secondary N) is 2. The minimum absolute atomic E-state index is 0. The molecule has 2 fully saturated rings. The third-order valence-corrected chi connectivity index (χ3v) is 5.96. The summed E-state index contributed by atoms with van der Waals surface area (Å²) in [5.74, 6) is 0.568. The SMILES string of the molecule is CN=C(NCc1c(Cl)cccc1N1CCN(C)CC1)NC1CCN(CC(F)(F)F)C1.I. The Labute approximate surface area is 204 Å². The van der Waals surface area contributed by atoms with Crippen LogP contribution in [0.4, 0.5) is 18.9 Å². The van der Waals surface area contributed by atoms with Gasteiger partial charge in [0.25, 0.3) is 0 Å². The average Bonchev–Trinajstić information content (AvgIpc) is 3.11. The summed E-state index contributed by atoms with van der Waals surface area (Å²) in [6.45, 7) is 4.26. The molecule has 1 unspecified atom stereocenters. The lowest BCUT2D eigenvalue weighted by Gasteiger charge is -2.35. The van der Waals surface area contributed by atoms with Crippen molar-refractivity contribution >= 4 is 47.2 Å². The van der Waals surface area contributed by atoms with Gasteiger partial charge in [0, 0.05) is 75.2 Å². The second-order valence-electron chi connectivity index (χ2n) is 7.93. The lowest BCUT2D eigenvalue weighted by Crippen LogP contribution is -2.46. The normalized spacial score (nSPS) is 21.2. The predicted molar refractivity (Wildman–Crippen MR) is 131 cm³/mol. The zero-order valence-corrected chi connectivity index (χ0v) is 21.0. The zero-order chi connectivity index (χ0) is 21.7. The molecule has 0 aromatic heterocycles. The zero-order valence-electron chi connectivity index (χ0n) is 17.9. The Morgan fingerprint density at radius 2 is 1.90 bits per heavy atom. The first kappa shape index (κ1) is 26.3. The molecule has 11 heteroatoms. The molecule has 2 saturated heterocycles. The van der Waals surface area contributed by atoms with Crippen molar-refractivity contribution in [2.24, 2.45) is 4.99 Å². The van der Waals surface area contributed by atoms with Crippen molar-refractivity contribution in [3.05, 3.63) is 28.8 Å². The van der Waals surface area contributed by atoms with E-state index in [1.54, 1.807) is 7.05 Å². The van der Waals surface area contributed by atoms with Crippen LogP contribution in [0.3, 0.4) is 0 Å². The van der Waals surface area contributed by atoms with Gasteiger partial charge < -0.3 is 20.4 Å². The van der Waals surface area contributed by atoms with E-state index in [-0.39, 0.29) is 30.0 Å². The molecule has 2 aliphatic heterocycles. The Hall–Kier alpha value is -0.980. The van der Waals surface area contributed by atoms with Crippen molar-refractivity contribution in [3.8, 4) is 0 Å². The van der Waals surface area contributed by atoms with Gasteiger partial charge in [-0.3, -0.25) is 9.89 Å². The van der Waals surface area contributed by atoms with Crippen LogP contribution in [0.15, 0.2) is 23.2 Å². The standard InChI is InChI=1S/C20H30ClF3N6.HI/c1-25-19(27-15-6-7-29(13-15)14-20(22,23)24)26-12-16-17(21)4-3-5-18(16)30-10-8-28(2)9-11-30;/h3-5,15H,6-14H2,1-2H3,(H2,25,26,27);1H. The molecule has 31 heavy (non-hydrogen) atoms. The number of likely N-dealkylation sites (tertiary alicyclic amines) is 1. The Bertz CT molecular complexity index is 740. The molecular formula is C20H31ClF3IN6. The Morgan fingerprint density at radius 3 is 2.55 bits per heavy atom. The summed E-state index contributed by atoms with van der Waals surface area (Å²) in [4.78, 5) is 10.3. The number of alkyl halides is 3. The van der Waals surface area contributed by atoms with Gasteiger partial charge in [-0.2, -0.15) is 13.2 Å². The quantitative estimate of drug-likeness (QED) is 0.322. The molecule has 0 amide bonds. The third kappa shape index (κ3) is 7.83. The van der Waals surface area contributed by atoms with Crippen LogP contribution in [0.2, 0.25) is 5.02 Å². The summed E-state index contributed by atoms with van der Waals surface area (Å²) in [7, 11) is 3.78. The number of aliphatic imine (C=N–C) groups is 1. The average molecular weight is 575 g/mol. The van der Waals surface area contributed by atoms with E-state index in [1.165, 1.54) is 4.90 Å². The van der Waals surface area contributed by atoms with Gasteiger partial charge in [-0.15, -0.1) is 24.0 Å². The number of hydrogen-bond acceptors (Lipinski definition) is 4. The van der Waals surface area contributed by atoms with Crippen molar-refractivity contribution in [2.75, 3.05) is 64.8 Å². The molecule has 0 saturated carbocycles. The second kappa shape index (κ2) is 11.8. The number of nitrogens with zero attached hydrogens (tertiary/aromatic N) is 4. The smallest absolute Gasteiger partial charge is 0.369 e. The highest BCUT2D eigenvalue weighted by molar-refractivity contribution is 14.0. The largest absolute Gasteiger partial charge is 0.401 e. The molecule has 0 spiro atoms. The number of piperazine rings is 1. The molecule has 0 radical (unpaired) electrons. The van der Waals surface area contributed by atoms with E-state index >= 15 is 0 Å². The van der Waals surface area contributed by atoms with Crippen molar-refractivity contribution in [1.82, 2.24) is 20.4 Å². The number of rotatable bonds is 5. The van der Waals surface area contributed by atoms with Crippen LogP contribution in [0, 0.1) is 0 Å². The predicted octanol–water partition coefficient (Wildman–Crippen LogP) is 3.01. The second-order valence-corrected chi connectivity index (χ2v) is 8.34. The topological polar surface area (TPSA) is 46.1 Å². The van der Waals surface area contributed by atoms with Gasteiger partial charge in [0.15, 0.2) is 5.96 Å². The highest BCUT2D eigenvalue weighted by Gasteiger charge is 2.34. The Morgan fingerprint density at radius 1 is 1.19 bits per heavy atom. The maximum Gasteiger partial charge on any atom is 0.401 e. The fourth-order valence-corrected chi connectivity index (χ4v) is 4.21. The summed E-state index contributed by atoms with van der Waals surface area (Å²) in [5, 5.41) is 7.21. The van der Waals surface area contributed by atoms with Gasteiger partial charge in [0.05, 0.1) is 6.54 Å². The van der Waals surface area contributed by atoms with E-state index in [1.807, 2.05) is 12.1 Å². The molecule has 176 valence electrons. The van der Waals surface area contributed by atoms with Crippen molar-refractivity contribution in [3.63, 3.8) is 0 Å². The minimum atomic E-state index is -4.17. The Balaban J connectivity index is 0.00000341. The molecule has 1 atom stereocenters. The number of anilines is 1. The van der Waals surface area contributed by atoms with Crippen LogP contribution < -0.4 is 15.5 Å². The molecule has 1 aromatic rings. The highest BCUT2D eigenvalue weighted by Crippen LogP contribution is 2.28. The summed E-state index contributed by atoms with van der Waals surface area (Å²) < 4.78 is 37.8. The summed E-state index contributed by atoms with van der Waals surface area (Å²) in [5.41, 5.74) is 2.10. The Kier molecular flexibility index (Phi) is 9.97. The van der Waals surface area contributed by atoms with Crippen molar-refractivity contribution in [1.29, 1.82) is 0 Å². The van der Waals surface area contributed by atoms with Crippen molar-refractivity contribution in [2.45, 2.75) is 25.2 Å². The van der Waals surface area contributed by atoms with E-state index in [0.29, 0.717) is 37.0 Å². The lowest BCUT2D eigenvalue weighted by atomic mass is 10.1. The van der Waals surface area contributed by atoms with E-state index < -0.39 is 12.7 Å². The number of hydrogen-bond donors (Lipinski definition) is 2. The van der Waals surface area contributed by atoms with Gasteiger partial charge in [-0.25, -0.2) is 0 Å². The number of benzene rings is 1. The molecule has 3 rings (SSSR count). The number of guanidine groups is 1. The van der Waals surface area contributed by atoms with Crippen LogP contribution in [0.1, 0.15) is 12.0 Å². The minimum Gasteiger partial charge on any atom is -0.369 e. The molecule has 1 aromatic carbocycles. The first-order valence-electron chi connectivity index (χ1n) is 10.2. The van der Waals surface area contributed by atoms with E-state index in [9.17, 15) is 13.2 Å². The highest BCUT2D eigenvalue weighted by atomic mass is 127. The van der Waals surface area contributed by atoms with Crippen molar-refractivity contribution < 1.29 is 13.2 Å². The molecule has 0 aliphatic carbocycles. The van der Waals surface area contributed by atoms with Gasteiger partial charge in [0.2, 0.25) is 0 Å². The fourth-order valence-electron chi connectivity index (χ4n) is 3.97. The molecule has 2 heterocycles. The first-order chi connectivity index (χ1) is 14.2. The van der Waals surface area contributed by atoms with Gasteiger partial charge in [0.1, 0.15) is 0 Å². The molecular weight excluding hydrogens is 544 g/mol. The van der Waals surface area contributed by atoms with E-state index in [0.717, 1.165) is 37.4 Å². The number of halogens is 5. The molecule has 2 N–H and O–H groups in total. The molecule has 2 aliphatic rings. The summed E-state index contributed by atoms with van der Waals surface area (Å²) >= 11 is 6.50. The van der Waals surface area contributed by atoms with Gasteiger partial charge in [-0.05, 0) is 25.6 Å². The van der Waals surface area contributed by atoms with Crippen LogP contribution in [-0.4, -0.2) is 87.9 Å². The molecule has 0 bridgehead atoms. The maximum absolute atomic E-state index is 12.6.